The summed E-state index contributed by atoms with van der Waals surface area (Å²) in [5.74, 6) is 0. The fraction of sp³-hybridized carbons (Fsp3) is 0.917. The van der Waals surface area contributed by atoms with E-state index in [2.05, 4.69) is 43.4 Å². The second-order valence-corrected chi connectivity index (χ2v) is 7.73. The molecule has 0 unspecified atom stereocenters. The van der Waals surface area contributed by atoms with Gasteiger partial charge in [-0.1, -0.05) is 104 Å². The molecule has 3 heteroatoms. The van der Waals surface area contributed by atoms with Gasteiger partial charge in [0, 0.05) is 19.6 Å². The fourth-order valence-corrected chi connectivity index (χ4v) is 3.41. The van der Waals surface area contributed by atoms with Crippen molar-refractivity contribution in [3.8, 4) is 0 Å². The van der Waals surface area contributed by atoms with Crippen molar-refractivity contribution in [3.63, 3.8) is 0 Å². The molecule has 0 saturated heterocycles. The van der Waals surface area contributed by atoms with Gasteiger partial charge in [-0.15, -0.1) is 0 Å². The second-order valence-electron chi connectivity index (χ2n) is 7.73. The van der Waals surface area contributed by atoms with Crippen LogP contribution in [0.4, 0.5) is 4.70 Å². The maximum Gasteiger partial charge on any atom is 0.0102 e. The summed E-state index contributed by atoms with van der Waals surface area (Å²) in [6, 6.07) is 0. The SMILES string of the molecule is CCCCCCCCCCC=CCCCCCCCCNN(CC)CC.F. The Labute approximate surface area is 170 Å². The van der Waals surface area contributed by atoms with Crippen molar-refractivity contribution in [1.82, 2.24) is 10.4 Å². The Balaban J connectivity index is 0. The van der Waals surface area contributed by atoms with Gasteiger partial charge in [-0.25, -0.2) is 5.01 Å². The fourth-order valence-electron chi connectivity index (χ4n) is 3.41. The Bertz CT molecular complexity index is 278. The first-order valence-corrected chi connectivity index (χ1v) is 12.0. The molecular formula is C24H51FN2. The summed E-state index contributed by atoms with van der Waals surface area (Å²) < 4.78 is 0. The summed E-state index contributed by atoms with van der Waals surface area (Å²) in [6.07, 6.45) is 27.2. The molecule has 0 fully saturated rings. The van der Waals surface area contributed by atoms with Gasteiger partial charge in [0.25, 0.3) is 0 Å². The van der Waals surface area contributed by atoms with E-state index in [-0.39, 0.29) is 4.70 Å². The number of nitrogens with zero attached hydrogens (tertiary/aromatic N) is 1. The van der Waals surface area contributed by atoms with Crippen molar-refractivity contribution in [2.24, 2.45) is 0 Å². The summed E-state index contributed by atoms with van der Waals surface area (Å²) in [5.41, 5.74) is 3.50. The van der Waals surface area contributed by atoms with E-state index < -0.39 is 0 Å². The lowest BCUT2D eigenvalue weighted by Gasteiger charge is -2.19. The van der Waals surface area contributed by atoms with Gasteiger partial charge < -0.3 is 0 Å². The highest BCUT2D eigenvalue weighted by Crippen LogP contribution is 2.11. The van der Waals surface area contributed by atoms with Gasteiger partial charge >= 0.3 is 0 Å². The lowest BCUT2D eigenvalue weighted by Crippen LogP contribution is -2.38. The third-order valence-electron chi connectivity index (χ3n) is 5.29. The van der Waals surface area contributed by atoms with E-state index in [0.29, 0.717) is 0 Å². The van der Waals surface area contributed by atoms with E-state index in [1.54, 1.807) is 0 Å². The largest absolute Gasteiger partial charge is 0.269 e. The normalized spacial score (nSPS) is 11.4. The van der Waals surface area contributed by atoms with E-state index in [0.717, 1.165) is 19.6 Å². The Morgan fingerprint density at radius 1 is 0.556 bits per heavy atom. The van der Waals surface area contributed by atoms with Crippen molar-refractivity contribution in [3.05, 3.63) is 12.2 Å². The number of hydrogen-bond donors (Lipinski definition) is 1. The minimum absolute atomic E-state index is 0. The molecule has 0 radical (unpaired) electrons. The molecule has 0 aromatic carbocycles. The predicted octanol–water partition coefficient (Wildman–Crippen LogP) is 7.80. The average molecular weight is 387 g/mol. The number of halogens is 1. The summed E-state index contributed by atoms with van der Waals surface area (Å²) in [6.45, 7) is 10.1. The Hall–Kier alpha value is -0.410. The molecule has 0 bridgehead atoms. The third kappa shape index (κ3) is 23.6. The van der Waals surface area contributed by atoms with E-state index in [4.69, 9.17) is 0 Å². The van der Waals surface area contributed by atoms with Crippen LogP contribution >= 0.6 is 0 Å². The molecule has 0 aliphatic rings. The lowest BCUT2D eigenvalue weighted by molar-refractivity contribution is 0.207. The number of hydrazine groups is 1. The molecule has 0 atom stereocenters. The second kappa shape index (κ2) is 25.6. The standard InChI is InChI=1S/C24H50N2.FH/c1-4-7-8-9-10-11-12-13-14-15-16-17-18-19-20-21-22-23-24-25-26(5-2)6-3;/h15-16,25H,4-14,17-24H2,1-3H3;1H. The first-order valence-electron chi connectivity index (χ1n) is 12.0. The van der Waals surface area contributed by atoms with Crippen molar-refractivity contribution in [2.45, 2.75) is 124 Å². The van der Waals surface area contributed by atoms with Gasteiger partial charge in [-0.05, 0) is 32.1 Å². The first kappa shape index (κ1) is 28.8. The quantitative estimate of drug-likeness (QED) is 0.123. The van der Waals surface area contributed by atoms with Crippen LogP contribution in [0.15, 0.2) is 12.2 Å². The molecule has 0 amide bonds. The predicted molar refractivity (Wildman–Crippen MR) is 122 cm³/mol. The smallest absolute Gasteiger partial charge is 0.0102 e. The third-order valence-corrected chi connectivity index (χ3v) is 5.29. The molecule has 1 N–H and O–H groups in total. The van der Waals surface area contributed by atoms with E-state index in [1.807, 2.05) is 0 Å². The molecule has 0 spiro atoms. The molecule has 0 heterocycles. The highest BCUT2D eigenvalue weighted by molar-refractivity contribution is 4.81. The summed E-state index contributed by atoms with van der Waals surface area (Å²) in [7, 11) is 0. The van der Waals surface area contributed by atoms with Gasteiger partial charge in [0.2, 0.25) is 0 Å². The van der Waals surface area contributed by atoms with Gasteiger partial charge in [0.1, 0.15) is 0 Å². The molecule has 0 saturated carbocycles. The molecule has 0 aromatic heterocycles. The van der Waals surface area contributed by atoms with Crippen LogP contribution in [0.5, 0.6) is 0 Å². The monoisotopic (exact) mass is 386 g/mol. The van der Waals surface area contributed by atoms with E-state index in [1.165, 1.54) is 103 Å². The topological polar surface area (TPSA) is 15.3 Å². The van der Waals surface area contributed by atoms with Crippen LogP contribution < -0.4 is 5.43 Å². The summed E-state index contributed by atoms with van der Waals surface area (Å²) in [4.78, 5) is 0. The zero-order chi connectivity index (χ0) is 19.1. The maximum absolute atomic E-state index is 3.50. The van der Waals surface area contributed by atoms with Crippen LogP contribution in [-0.4, -0.2) is 24.6 Å². The van der Waals surface area contributed by atoms with Crippen LogP contribution in [0.1, 0.15) is 124 Å². The number of rotatable bonds is 21. The molecular weight excluding hydrogens is 335 g/mol. The van der Waals surface area contributed by atoms with Crippen molar-refractivity contribution < 1.29 is 4.70 Å². The average Bonchev–Trinajstić information content (AvgIpc) is 2.66. The number of unbranched alkanes of at least 4 members (excludes halogenated alkanes) is 14. The van der Waals surface area contributed by atoms with E-state index in [9.17, 15) is 0 Å². The number of hydrogen-bond acceptors (Lipinski definition) is 2. The van der Waals surface area contributed by atoms with Crippen LogP contribution in [-0.2, 0) is 0 Å². The van der Waals surface area contributed by atoms with Gasteiger partial charge in [-0.3, -0.25) is 10.1 Å². The van der Waals surface area contributed by atoms with Crippen molar-refractivity contribution in [2.75, 3.05) is 19.6 Å². The van der Waals surface area contributed by atoms with Crippen LogP contribution in [0.25, 0.3) is 0 Å². The molecule has 0 aromatic rings. The van der Waals surface area contributed by atoms with Crippen LogP contribution in [0, 0.1) is 0 Å². The molecule has 2 nitrogen and oxygen atoms in total. The molecule has 0 aliphatic heterocycles. The Morgan fingerprint density at radius 3 is 1.41 bits per heavy atom. The highest BCUT2D eigenvalue weighted by atomic mass is 19.0. The minimum Gasteiger partial charge on any atom is -0.269 e. The molecule has 0 aliphatic carbocycles. The number of nitrogens with one attached hydrogen (secondary N) is 1. The van der Waals surface area contributed by atoms with Gasteiger partial charge in [0.15, 0.2) is 0 Å². The van der Waals surface area contributed by atoms with Crippen LogP contribution in [0.2, 0.25) is 0 Å². The summed E-state index contributed by atoms with van der Waals surface area (Å²) >= 11 is 0. The zero-order valence-corrected chi connectivity index (χ0v) is 18.9. The van der Waals surface area contributed by atoms with Gasteiger partial charge in [-0.2, -0.15) is 0 Å². The van der Waals surface area contributed by atoms with E-state index >= 15 is 0 Å². The Kier molecular flexibility index (Phi) is 27.3. The van der Waals surface area contributed by atoms with Crippen molar-refractivity contribution >= 4 is 0 Å². The van der Waals surface area contributed by atoms with Crippen molar-refractivity contribution in [1.29, 1.82) is 0 Å². The first-order chi connectivity index (χ1) is 12.8. The maximum atomic E-state index is 3.50. The molecule has 164 valence electrons. The number of allylic oxidation sites excluding steroid dienone is 2. The molecule has 0 rings (SSSR count). The minimum atomic E-state index is 0. The lowest BCUT2D eigenvalue weighted by atomic mass is 10.1. The zero-order valence-electron chi connectivity index (χ0n) is 18.9. The Morgan fingerprint density at radius 2 is 0.963 bits per heavy atom. The highest BCUT2D eigenvalue weighted by Gasteiger charge is 1.96. The molecule has 27 heavy (non-hydrogen) atoms. The van der Waals surface area contributed by atoms with Gasteiger partial charge in [0.05, 0.1) is 0 Å². The summed E-state index contributed by atoms with van der Waals surface area (Å²) in [5, 5.41) is 2.29. The van der Waals surface area contributed by atoms with Crippen LogP contribution in [0.3, 0.4) is 0 Å².